The molecule has 5 amide bonds. The van der Waals surface area contributed by atoms with Crippen LogP contribution in [0.3, 0.4) is 0 Å². The van der Waals surface area contributed by atoms with Crippen LogP contribution in [0.2, 0.25) is 0 Å². The van der Waals surface area contributed by atoms with Gasteiger partial charge in [-0.25, -0.2) is 18.4 Å². The number of nitrogens with two attached hydrogens (primary N) is 1. The number of anilines is 1. The molecule has 39 heavy (non-hydrogen) atoms. The number of carbonyl (C=O) groups excluding carboxylic acids is 3. The summed E-state index contributed by atoms with van der Waals surface area (Å²) in [5.41, 5.74) is 9.15. The largest absolute Gasteiger partial charge is 0.376 e. The molecule has 5 N–H and O–H groups in total. The number of fused-ring (bicyclic) bond motifs is 2. The van der Waals surface area contributed by atoms with Crippen molar-refractivity contribution >= 4 is 23.7 Å². The Kier molecular flexibility index (Phi) is 7.55. The lowest BCUT2D eigenvalue weighted by atomic mass is 9.99. The first-order valence-corrected chi connectivity index (χ1v) is 13.3. The summed E-state index contributed by atoms with van der Waals surface area (Å²) in [5.74, 6) is -2.63. The Morgan fingerprint density at radius 2 is 1.74 bits per heavy atom. The molecule has 0 radical (unpaired) electrons. The maximum absolute atomic E-state index is 14.1. The quantitative estimate of drug-likeness (QED) is 0.447. The molecular formula is C28H33F2N5O4. The Morgan fingerprint density at radius 1 is 1.05 bits per heavy atom. The van der Waals surface area contributed by atoms with Crippen LogP contribution in [0.5, 0.6) is 0 Å². The van der Waals surface area contributed by atoms with E-state index in [1.807, 2.05) is 0 Å². The van der Waals surface area contributed by atoms with Crippen molar-refractivity contribution in [3.05, 3.63) is 64.2 Å². The van der Waals surface area contributed by atoms with Gasteiger partial charge in [-0.1, -0.05) is 6.07 Å². The highest BCUT2D eigenvalue weighted by Gasteiger charge is 2.41. The fourth-order valence-corrected chi connectivity index (χ4v) is 6.00. The SMILES string of the molecule is CNC(=O)Nc1ccc2c(c1)CC[C@@H]2C(=O)N(CC(O)N1Cc2cc(F)c(F)cc2CC[C@H]1C1CC1)C(N)=O. The minimum Gasteiger partial charge on any atom is -0.376 e. The Labute approximate surface area is 225 Å². The highest BCUT2D eigenvalue weighted by molar-refractivity contribution is 5.98. The van der Waals surface area contributed by atoms with E-state index < -0.39 is 35.7 Å². The number of urea groups is 2. The van der Waals surface area contributed by atoms with E-state index >= 15 is 0 Å². The molecule has 0 aromatic heterocycles. The van der Waals surface area contributed by atoms with Crippen molar-refractivity contribution in [1.29, 1.82) is 0 Å². The van der Waals surface area contributed by atoms with Gasteiger partial charge in [0.1, 0.15) is 6.23 Å². The van der Waals surface area contributed by atoms with Gasteiger partial charge in [0.05, 0.1) is 12.5 Å². The third-order valence-electron chi connectivity index (χ3n) is 8.16. The van der Waals surface area contributed by atoms with E-state index in [4.69, 9.17) is 5.73 Å². The predicted molar refractivity (Wildman–Crippen MR) is 140 cm³/mol. The minimum absolute atomic E-state index is 0.0539. The third kappa shape index (κ3) is 5.60. The van der Waals surface area contributed by atoms with Gasteiger partial charge in [-0.05, 0) is 91.0 Å². The maximum Gasteiger partial charge on any atom is 0.321 e. The average molecular weight is 542 g/mol. The Bertz CT molecular complexity index is 1300. The summed E-state index contributed by atoms with van der Waals surface area (Å²) in [7, 11) is 1.51. The molecular weight excluding hydrogens is 508 g/mol. The summed E-state index contributed by atoms with van der Waals surface area (Å²) in [6.07, 6.45) is 2.98. The van der Waals surface area contributed by atoms with Gasteiger partial charge in [-0.3, -0.25) is 14.6 Å². The van der Waals surface area contributed by atoms with Crippen LogP contribution < -0.4 is 16.4 Å². The first kappa shape index (κ1) is 27.0. The zero-order chi connectivity index (χ0) is 27.8. The van der Waals surface area contributed by atoms with E-state index in [1.165, 1.54) is 19.2 Å². The van der Waals surface area contributed by atoms with E-state index in [0.717, 1.165) is 28.9 Å². The van der Waals surface area contributed by atoms with Crippen LogP contribution in [0.4, 0.5) is 24.1 Å². The van der Waals surface area contributed by atoms with Crippen molar-refractivity contribution in [2.45, 2.75) is 63.3 Å². The van der Waals surface area contributed by atoms with Crippen LogP contribution in [0.15, 0.2) is 30.3 Å². The number of aryl methyl sites for hydroxylation is 2. The normalized spacial score (nSPS) is 21.3. The molecule has 3 aliphatic rings. The van der Waals surface area contributed by atoms with Gasteiger partial charge in [0.25, 0.3) is 0 Å². The monoisotopic (exact) mass is 541 g/mol. The highest BCUT2D eigenvalue weighted by Crippen LogP contribution is 2.41. The molecule has 0 spiro atoms. The number of nitrogens with zero attached hydrogens (tertiary/aromatic N) is 2. The fraction of sp³-hybridized carbons (Fsp3) is 0.464. The molecule has 208 valence electrons. The van der Waals surface area contributed by atoms with E-state index in [1.54, 1.807) is 23.1 Å². The topological polar surface area (TPSA) is 128 Å². The van der Waals surface area contributed by atoms with Crippen molar-refractivity contribution < 1.29 is 28.3 Å². The summed E-state index contributed by atoms with van der Waals surface area (Å²) in [4.78, 5) is 40.4. The second kappa shape index (κ2) is 10.9. The molecule has 2 aromatic rings. The van der Waals surface area contributed by atoms with Gasteiger partial charge < -0.3 is 21.5 Å². The number of hydrogen-bond donors (Lipinski definition) is 4. The van der Waals surface area contributed by atoms with Crippen molar-refractivity contribution in [3.63, 3.8) is 0 Å². The Hall–Kier alpha value is -3.57. The van der Waals surface area contributed by atoms with Crippen LogP contribution in [-0.2, 0) is 24.2 Å². The molecule has 2 aromatic carbocycles. The number of imide groups is 1. The summed E-state index contributed by atoms with van der Waals surface area (Å²) >= 11 is 0. The minimum atomic E-state index is -1.23. The zero-order valence-electron chi connectivity index (χ0n) is 21.8. The van der Waals surface area contributed by atoms with E-state index in [0.29, 0.717) is 48.4 Å². The number of primary amides is 1. The van der Waals surface area contributed by atoms with E-state index in [2.05, 4.69) is 10.6 Å². The second-order valence-corrected chi connectivity index (χ2v) is 10.6. The van der Waals surface area contributed by atoms with Crippen LogP contribution in [0, 0.1) is 17.6 Å². The molecule has 11 heteroatoms. The zero-order valence-corrected chi connectivity index (χ0v) is 21.8. The first-order chi connectivity index (χ1) is 18.7. The molecule has 9 nitrogen and oxygen atoms in total. The molecule has 2 aliphatic carbocycles. The number of rotatable bonds is 6. The number of hydrogen-bond acceptors (Lipinski definition) is 5. The predicted octanol–water partition coefficient (Wildman–Crippen LogP) is 3.20. The smallest absolute Gasteiger partial charge is 0.321 e. The van der Waals surface area contributed by atoms with Gasteiger partial charge in [0, 0.05) is 25.3 Å². The number of nitrogens with one attached hydrogen (secondary N) is 2. The van der Waals surface area contributed by atoms with Crippen LogP contribution in [0.1, 0.15) is 53.9 Å². The van der Waals surface area contributed by atoms with Gasteiger partial charge in [0.15, 0.2) is 11.6 Å². The standard InChI is InChI=1S/C28H33F2N5O4/c1-32-28(39)33-19-6-8-20-17(10-19)4-7-21(20)26(37)35(27(31)38)14-25(36)34-13-18-12-23(30)22(29)11-16(18)5-9-24(34)15-2-3-15/h6,8,10-12,15,21,24-25,36H,2-5,7,9,13-14H2,1H3,(H2,31,38)(H2,32,33,39)/t21-,24-,25?/m0/s1. The number of aliphatic hydroxyl groups excluding tert-OH is 1. The van der Waals surface area contributed by atoms with Crippen molar-refractivity contribution in [1.82, 2.24) is 15.1 Å². The molecule has 0 saturated heterocycles. The molecule has 1 aliphatic heterocycles. The number of aliphatic hydroxyl groups is 1. The van der Waals surface area contributed by atoms with E-state index in [9.17, 15) is 28.3 Å². The molecule has 1 saturated carbocycles. The number of benzene rings is 2. The average Bonchev–Trinajstić information content (AvgIpc) is 3.68. The van der Waals surface area contributed by atoms with Crippen molar-refractivity contribution in [2.75, 3.05) is 18.9 Å². The van der Waals surface area contributed by atoms with Crippen LogP contribution >= 0.6 is 0 Å². The lowest BCUT2D eigenvalue weighted by Gasteiger charge is -2.36. The van der Waals surface area contributed by atoms with Gasteiger partial charge >= 0.3 is 12.1 Å². The number of amides is 5. The lowest BCUT2D eigenvalue weighted by Crippen LogP contribution is -2.53. The van der Waals surface area contributed by atoms with Gasteiger partial charge in [0.2, 0.25) is 5.91 Å². The maximum atomic E-state index is 14.1. The number of halogens is 2. The van der Waals surface area contributed by atoms with E-state index in [-0.39, 0.29) is 25.2 Å². The summed E-state index contributed by atoms with van der Waals surface area (Å²) < 4.78 is 28.0. The molecule has 1 heterocycles. The number of carbonyl (C=O) groups is 3. The highest BCUT2D eigenvalue weighted by atomic mass is 19.2. The second-order valence-electron chi connectivity index (χ2n) is 10.6. The summed E-state index contributed by atoms with van der Waals surface area (Å²) in [5, 5.41) is 16.5. The first-order valence-electron chi connectivity index (χ1n) is 13.3. The van der Waals surface area contributed by atoms with Gasteiger partial charge in [-0.15, -0.1) is 0 Å². The Morgan fingerprint density at radius 3 is 2.41 bits per heavy atom. The summed E-state index contributed by atoms with van der Waals surface area (Å²) in [6, 6.07) is 6.27. The molecule has 5 rings (SSSR count). The fourth-order valence-electron chi connectivity index (χ4n) is 6.00. The molecule has 3 atom stereocenters. The van der Waals surface area contributed by atoms with Crippen LogP contribution in [-0.4, -0.2) is 58.7 Å². The lowest BCUT2D eigenvalue weighted by molar-refractivity contribution is -0.133. The summed E-state index contributed by atoms with van der Waals surface area (Å²) in [6.45, 7) is -0.165. The van der Waals surface area contributed by atoms with Gasteiger partial charge in [-0.2, -0.15) is 0 Å². The van der Waals surface area contributed by atoms with Crippen molar-refractivity contribution in [2.24, 2.45) is 11.7 Å². The van der Waals surface area contributed by atoms with Crippen molar-refractivity contribution in [3.8, 4) is 0 Å². The molecule has 1 fully saturated rings. The molecule has 1 unspecified atom stereocenters. The molecule has 0 bridgehead atoms. The van der Waals surface area contributed by atoms with Crippen LogP contribution in [0.25, 0.3) is 0 Å². The Balaban J connectivity index is 1.35. The third-order valence-corrected chi connectivity index (χ3v) is 8.16.